The van der Waals surface area contributed by atoms with Crippen LogP contribution in [0.4, 0.5) is 0 Å². The van der Waals surface area contributed by atoms with Crippen LogP contribution in [-0.4, -0.2) is 32.1 Å². The molecule has 0 radical (unpaired) electrons. The van der Waals surface area contributed by atoms with E-state index in [2.05, 4.69) is 5.32 Å². The Balaban J connectivity index is 1.75. The molecule has 0 aliphatic rings. The van der Waals surface area contributed by atoms with Crippen LogP contribution in [0.25, 0.3) is 0 Å². The summed E-state index contributed by atoms with van der Waals surface area (Å²) in [7, 11) is 1.49. The van der Waals surface area contributed by atoms with Crippen molar-refractivity contribution in [2.75, 3.05) is 20.3 Å². The van der Waals surface area contributed by atoms with E-state index in [9.17, 15) is 9.59 Å². The molecule has 7 nitrogen and oxygen atoms in total. The molecule has 2 aromatic rings. The Kier molecular flexibility index (Phi) is 8.89. The van der Waals surface area contributed by atoms with Crippen molar-refractivity contribution in [2.45, 2.75) is 19.4 Å². The fraction of sp³-hybridized carbons (Fsp3) is 0.300. The molecule has 9 heteroatoms. The molecule has 3 N–H and O–H groups in total. The summed E-state index contributed by atoms with van der Waals surface area (Å²) in [5.74, 6) is 0.650. The second-order valence-electron chi connectivity index (χ2n) is 6.02. The van der Waals surface area contributed by atoms with Crippen molar-refractivity contribution in [3.05, 3.63) is 52.0 Å². The zero-order valence-electron chi connectivity index (χ0n) is 15.9. The summed E-state index contributed by atoms with van der Waals surface area (Å²) < 4.78 is 16.1. The highest BCUT2D eigenvalue weighted by atomic mass is 35.5. The Hall–Kier alpha value is -2.64. The van der Waals surface area contributed by atoms with Crippen LogP contribution in [0, 0.1) is 0 Å². The summed E-state index contributed by atoms with van der Waals surface area (Å²) >= 11 is 12.0. The number of benzene rings is 2. The van der Waals surface area contributed by atoms with Gasteiger partial charge in [0, 0.05) is 13.0 Å². The molecule has 0 saturated heterocycles. The Morgan fingerprint density at radius 2 is 1.86 bits per heavy atom. The van der Waals surface area contributed by atoms with Crippen LogP contribution in [0.3, 0.4) is 0 Å². The highest BCUT2D eigenvalue weighted by molar-refractivity contribution is 6.42. The monoisotopic (exact) mass is 440 g/mol. The molecule has 2 rings (SSSR count). The minimum atomic E-state index is -0.579. The number of amides is 2. The topological polar surface area (TPSA) is 99.9 Å². The van der Waals surface area contributed by atoms with Gasteiger partial charge in [0.25, 0.3) is 5.91 Å². The van der Waals surface area contributed by atoms with Crippen molar-refractivity contribution in [2.24, 2.45) is 5.73 Å². The van der Waals surface area contributed by atoms with Crippen molar-refractivity contribution in [1.29, 1.82) is 0 Å². The Morgan fingerprint density at radius 1 is 1.07 bits per heavy atom. The van der Waals surface area contributed by atoms with E-state index in [1.165, 1.54) is 7.11 Å². The van der Waals surface area contributed by atoms with Gasteiger partial charge in [0.2, 0.25) is 5.91 Å². The molecule has 2 aromatic carbocycles. The molecule has 0 saturated carbocycles. The average Bonchev–Trinajstić information content (AvgIpc) is 2.71. The van der Waals surface area contributed by atoms with Crippen LogP contribution < -0.4 is 25.3 Å². The van der Waals surface area contributed by atoms with Gasteiger partial charge in [-0.25, -0.2) is 0 Å². The molecule has 0 aliphatic carbocycles. The van der Waals surface area contributed by atoms with E-state index in [4.69, 9.17) is 43.1 Å². The first-order valence-corrected chi connectivity index (χ1v) is 9.58. The predicted octanol–water partition coefficient (Wildman–Crippen LogP) is 3.34. The molecule has 0 fully saturated rings. The maximum absolute atomic E-state index is 12.0. The molecule has 0 atom stereocenters. The standard InChI is InChI=1S/C20H22Cl2N2O5/c1-27-17-10-13(7-8-15(17)29-12-18(23)25)11-24-19(26)6-3-9-28-16-5-2-4-14(21)20(16)22/h2,4-5,7-8,10H,3,6,9,11-12H2,1H3,(H2,23,25)(H,24,26). The number of hydrogen-bond acceptors (Lipinski definition) is 5. The second-order valence-corrected chi connectivity index (χ2v) is 6.81. The number of nitrogens with one attached hydrogen (secondary N) is 1. The molecule has 0 spiro atoms. The van der Waals surface area contributed by atoms with Crippen LogP contribution in [0.15, 0.2) is 36.4 Å². The van der Waals surface area contributed by atoms with E-state index in [0.717, 1.165) is 5.56 Å². The first kappa shape index (κ1) is 22.6. The molecule has 29 heavy (non-hydrogen) atoms. The van der Waals surface area contributed by atoms with Gasteiger partial charge in [-0.05, 0) is 36.2 Å². The van der Waals surface area contributed by atoms with E-state index < -0.39 is 5.91 Å². The van der Waals surface area contributed by atoms with E-state index in [0.29, 0.717) is 53.3 Å². The van der Waals surface area contributed by atoms with E-state index >= 15 is 0 Å². The molecule has 0 aromatic heterocycles. The van der Waals surface area contributed by atoms with Gasteiger partial charge in [-0.3, -0.25) is 9.59 Å². The number of methoxy groups -OCH3 is 1. The van der Waals surface area contributed by atoms with Crippen LogP contribution >= 0.6 is 23.2 Å². The predicted molar refractivity (Wildman–Crippen MR) is 111 cm³/mol. The molecule has 0 heterocycles. The number of rotatable bonds is 11. The van der Waals surface area contributed by atoms with Gasteiger partial charge in [-0.15, -0.1) is 0 Å². The molecular formula is C20H22Cl2N2O5. The number of hydrogen-bond donors (Lipinski definition) is 2. The third-order valence-electron chi connectivity index (χ3n) is 3.81. The first-order chi connectivity index (χ1) is 13.9. The lowest BCUT2D eigenvalue weighted by atomic mass is 10.2. The van der Waals surface area contributed by atoms with E-state index in [-0.39, 0.29) is 12.5 Å². The fourth-order valence-corrected chi connectivity index (χ4v) is 2.74. The van der Waals surface area contributed by atoms with Gasteiger partial charge < -0.3 is 25.3 Å². The molecule has 156 valence electrons. The number of nitrogens with two attached hydrogens (primary N) is 1. The Morgan fingerprint density at radius 3 is 2.59 bits per heavy atom. The lowest BCUT2D eigenvalue weighted by Crippen LogP contribution is -2.23. The number of halogens is 2. The number of carbonyl (C=O) groups is 2. The zero-order chi connectivity index (χ0) is 21.2. The van der Waals surface area contributed by atoms with Gasteiger partial charge in [0.15, 0.2) is 18.1 Å². The van der Waals surface area contributed by atoms with Crippen molar-refractivity contribution < 1.29 is 23.8 Å². The van der Waals surface area contributed by atoms with Crippen molar-refractivity contribution >= 4 is 35.0 Å². The number of carbonyl (C=O) groups excluding carboxylic acids is 2. The molecular weight excluding hydrogens is 419 g/mol. The molecule has 0 bridgehead atoms. The molecule has 2 amide bonds. The Labute approximate surface area is 179 Å². The SMILES string of the molecule is COc1cc(CNC(=O)CCCOc2cccc(Cl)c2Cl)ccc1OCC(N)=O. The van der Waals surface area contributed by atoms with Crippen molar-refractivity contribution in [1.82, 2.24) is 5.32 Å². The second kappa shape index (κ2) is 11.4. The quantitative estimate of drug-likeness (QED) is 0.521. The smallest absolute Gasteiger partial charge is 0.255 e. The highest BCUT2D eigenvalue weighted by Gasteiger charge is 2.09. The maximum atomic E-state index is 12.0. The van der Waals surface area contributed by atoms with Crippen LogP contribution in [0.5, 0.6) is 17.2 Å². The zero-order valence-corrected chi connectivity index (χ0v) is 17.4. The van der Waals surface area contributed by atoms with Gasteiger partial charge in [-0.2, -0.15) is 0 Å². The van der Waals surface area contributed by atoms with Gasteiger partial charge in [0.05, 0.1) is 18.7 Å². The van der Waals surface area contributed by atoms with Gasteiger partial charge in [0.1, 0.15) is 10.8 Å². The van der Waals surface area contributed by atoms with Crippen LogP contribution in [0.2, 0.25) is 10.0 Å². The summed E-state index contributed by atoms with van der Waals surface area (Å²) in [4.78, 5) is 22.9. The molecule has 0 unspecified atom stereocenters. The van der Waals surface area contributed by atoms with E-state index in [1.54, 1.807) is 36.4 Å². The van der Waals surface area contributed by atoms with Crippen molar-refractivity contribution in [3.8, 4) is 17.2 Å². The summed E-state index contributed by atoms with van der Waals surface area (Å²) in [6.07, 6.45) is 0.826. The number of ether oxygens (including phenoxy) is 3. The normalized spacial score (nSPS) is 10.3. The fourth-order valence-electron chi connectivity index (χ4n) is 2.39. The van der Waals surface area contributed by atoms with Crippen LogP contribution in [0.1, 0.15) is 18.4 Å². The summed E-state index contributed by atoms with van der Waals surface area (Å²) in [5.41, 5.74) is 5.89. The molecule has 0 aliphatic heterocycles. The Bertz CT molecular complexity index is 861. The van der Waals surface area contributed by atoms with Crippen LogP contribution in [-0.2, 0) is 16.1 Å². The summed E-state index contributed by atoms with van der Waals surface area (Å²) in [6.45, 7) is 0.425. The van der Waals surface area contributed by atoms with Gasteiger partial charge in [-0.1, -0.05) is 35.3 Å². The lowest BCUT2D eigenvalue weighted by molar-refractivity contribution is -0.121. The largest absolute Gasteiger partial charge is 0.493 e. The minimum absolute atomic E-state index is 0.112. The average molecular weight is 441 g/mol. The number of primary amides is 1. The maximum Gasteiger partial charge on any atom is 0.255 e. The highest BCUT2D eigenvalue weighted by Crippen LogP contribution is 2.31. The minimum Gasteiger partial charge on any atom is -0.493 e. The summed E-state index contributed by atoms with van der Waals surface area (Å²) in [6, 6.07) is 10.3. The summed E-state index contributed by atoms with van der Waals surface area (Å²) in [5, 5.41) is 3.60. The third-order valence-corrected chi connectivity index (χ3v) is 4.61. The lowest BCUT2D eigenvalue weighted by Gasteiger charge is -2.12. The van der Waals surface area contributed by atoms with Gasteiger partial charge >= 0.3 is 0 Å². The van der Waals surface area contributed by atoms with Crippen molar-refractivity contribution in [3.63, 3.8) is 0 Å². The van der Waals surface area contributed by atoms with E-state index in [1.807, 2.05) is 0 Å². The first-order valence-electron chi connectivity index (χ1n) is 8.82. The third kappa shape index (κ3) is 7.36.